The third-order valence-electron chi connectivity index (χ3n) is 3.64. The second-order valence-corrected chi connectivity index (χ2v) is 4.85. The van der Waals surface area contributed by atoms with Crippen LogP contribution in [-0.4, -0.2) is 25.2 Å². The first kappa shape index (κ1) is 13.9. The van der Waals surface area contributed by atoms with Gasteiger partial charge in [-0.15, -0.1) is 0 Å². The number of rotatable bonds is 5. The largest absolute Gasteiger partial charge is 0.468 e. The van der Waals surface area contributed by atoms with Gasteiger partial charge in [0.1, 0.15) is 5.54 Å². The van der Waals surface area contributed by atoms with Gasteiger partial charge in [0.05, 0.1) is 7.11 Å². The van der Waals surface area contributed by atoms with E-state index in [1.807, 2.05) is 0 Å². The molecule has 104 valence electrons. The molecule has 1 fully saturated rings. The molecule has 1 aromatic rings. The van der Waals surface area contributed by atoms with E-state index in [0.717, 1.165) is 25.3 Å². The molecule has 1 saturated carbocycles. The molecule has 0 bridgehead atoms. The van der Waals surface area contributed by atoms with Gasteiger partial charge in [0.2, 0.25) is 0 Å². The third kappa shape index (κ3) is 2.92. The zero-order valence-electron chi connectivity index (χ0n) is 10.8. The number of hydrogen-bond donors (Lipinski definition) is 1. The lowest BCUT2D eigenvalue weighted by molar-refractivity contribution is -0.152. The SMILES string of the molecule is COC(=O)C1(NCCc2ccc(F)c(F)c2)CCC1. The summed E-state index contributed by atoms with van der Waals surface area (Å²) < 4.78 is 30.6. The Kier molecular flexibility index (Phi) is 4.14. The van der Waals surface area contributed by atoms with Crippen molar-refractivity contribution >= 4 is 5.97 Å². The molecule has 19 heavy (non-hydrogen) atoms. The van der Waals surface area contributed by atoms with E-state index in [1.165, 1.54) is 13.2 Å². The van der Waals surface area contributed by atoms with Crippen LogP contribution in [0.15, 0.2) is 18.2 Å². The summed E-state index contributed by atoms with van der Waals surface area (Å²) in [6.45, 7) is 0.528. The van der Waals surface area contributed by atoms with Crippen LogP contribution in [0.3, 0.4) is 0 Å². The van der Waals surface area contributed by atoms with Crippen LogP contribution in [0.1, 0.15) is 24.8 Å². The standard InChI is InChI=1S/C14H17F2NO2/c1-19-13(18)14(6-2-7-14)17-8-5-10-3-4-11(15)12(16)9-10/h3-4,9,17H,2,5-8H2,1H3. The zero-order chi connectivity index (χ0) is 13.9. The van der Waals surface area contributed by atoms with Gasteiger partial charge in [0.15, 0.2) is 11.6 Å². The van der Waals surface area contributed by atoms with Gasteiger partial charge in [-0.05, 0) is 43.4 Å². The van der Waals surface area contributed by atoms with Crippen molar-refractivity contribution < 1.29 is 18.3 Å². The number of methoxy groups -OCH3 is 1. The van der Waals surface area contributed by atoms with Crippen molar-refractivity contribution in [2.45, 2.75) is 31.2 Å². The van der Waals surface area contributed by atoms with Crippen molar-refractivity contribution in [1.29, 1.82) is 0 Å². The van der Waals surface area contributed by atoms with Crippen molar-refractivity contribution in [1.82, 2.24) is 5.32 Å². The molecule has 0 amide bonds. The number of carbonyl (C=O) groups excluding carboxylic acids is 1. The van der Waals surface area contributed by atoms with Crippen LogP contribution >= 0.6 is 0 Å². The van der Waals surface area contributed by atoms with E-state index in [-0.39, 0.29) is 5.97 Å². The highest BCUT2D eigenvalue weighted by molar-refractivity contribution is 5.81. The summed E-state index contributed by atoms with van der Waals surface area (Å²) in [5, 5.41) is 3.18. The van der Waals surface area contributed by atoms with Crippen LogP contribution in [0.25, 0.3) is 0 Å². The fourth-order valence-electron chi connectivity index (χ4n) is 2.32. The predicted octanol–water partition coefficient (Wildman–Crippen LogP) is 2.19. The molecular weight excluding hydrogens is 252 g/mol. The smallest absolute Gasteiger partial charge is 0.326 e. The molecule has 0 atom stereocenters. The Hall–Kier alpha value is -1.49. The van der Waals surface area contributed by atoms with Gasteiger partial charge in [0, 0.05) is 6.54 Å². The number of carbonyl (C=O) groups is 1. The fourth-order valence-corrected chi connectivity index (χ4v) is 2.32. The van der Waals surface area contributed by atoms with Crippen molar-refractivity contribution in [2.75, 3.05) is 13.7 Å². The second-order valence-electron chi connectivity index (χ2n) is 4.85. The zero-order valence-corrected chi connectivity index (χ0v) is 10.8. The summed E-state index contributed by atoms with van der Waals surface area (Å²) in [7, 11) is 1.37. The molecule has 1 aliphatic rings. The van der Waals surface area contributed by atoms with Crippen LogP contribution in [0, 0.1) is 11.6 Å². The van der Waals surface area contributed by atoms with Gasteiger partial charge < -0.3 is 10.1 Å². The quantitative estimate of drug-likeness (QED) is 0.833. The van der Waals surface area contributed by atoms with Gasteiger partial charge >= 0.3 is 5.97 Å². The Labute approximate surface area is 111 Å². The van der Waals surface area contributed by atoms with E-state index < -0.39 is 17.2 Å². The molecule has 3 nitrogen and oxygen atoms in total. The molecule has 0 radical (unpaired) electrons. The first-order valence-electron chi connectivity index (χ1n) is 6.35. The molecular formula is C14H17F2NO2. The molecule has 0 heterocycles. The van der Waals surface area contributed by atoms with Gasteiger partial charge in [-0.25, -0.2) is 8.78 Å². The minimum atomic E-state index is -0.846. The van der Waals surface area contributed by atoms with Crippen molar-refractivity contribution in [3.05, 3.63) is 35.4 Å². The lowest BCUT2D eigenvalue weighted by Gasteiger charge is -2.39. The Morgan fingerprint density at radius 1 is 1.37 bits per heavy atom. The van der Waals surface area contributed by atoms with Crippen LogP contribution in [0.2, 0.25) is 0 Å². The van der Waals surface area contributed by atoms with E-state index in [1.54, 1.807) is 6.07 Å². The summed E-state index contributed by atoms with van der Waals surface area (Å²) in [4.78, 5) is 11.7. The molecule has 0 spiro atoms. The predicted molar refractivity (Wildman–Crippen MR) is 66.7 cm³/mol. The molecule has 2 rings (SSSR count). The molecule has 1 N–H and O–H groups in total. The van der Waals surface area contributed by atoms with E-state index in [2.05, 4.69) is 5.32 Å². The highest BCUT2D eigenvalue weighted by atomic mass is 19.2. The minimum Gasteiger partial charge on any atom is -0.468 e. The third-order valence-corrected chi connectivity index (χ3v) is 3.64. The number of benzene rings is 1. The normalized spacial score (nSPS) is 16.8. The second kappa shape index (κ2) is 5.65. The van der Waals surface area contributed by atoms with E-state index in [0.29, 0.717) is 18.5 Å². The monoisotopic (exact) mass is 269 g/mol. The highest BCUT2D eigenvalue weighted by Crippen LogP contribution is 2.32. The van der Waals surface area contributed by atoms with Crippen molar-refractivity contribution in [3.63, 3.8) is 0 Å². The summed E-state index contributed by atoms with van der Waals surface area (Å²) in [5.41, 5.74) is 0.124. The van der Waals surface area contributed by atoms with Crippen LogP contribution in [0.5, 0.6) is 0 Å². The summed E-state index contributed by atoms with van der Waals surface area (Å²) in [6.07, 6.45) is 3.05. The Balaban J connectivity index is 1.89. The maximum Gasteiger partial charge on any atom is 0.326 e. The van der Waals surface area contributed by atoms with Gasteiger partial charge in [-0.2, -0.15) is 0 Å². The van der Waals surface area contributed by atoms with Crippen molar-refractivity contribution in [2.24, 2.45) is 0 Å². The number of ether oxygens (including phenoxy) is 1. The van der Waals surface area contributed by atoms with Crippen LogP contribution in [-0.2, 0) is 16.0 Å². The number of esters is 1. The molecule has 0 unspecified atom stereocenters. The molecule has 0 aliphatic heterocycles. The van der Waals surface area contributed by atoms with E-state index in [9.17, 15) is 13.6 Å². The molecule has 1 aromatic carbocycles. The van der Waals surface area contributed by atoms with E-state index >= 15 is 0 Å². The average molecular weight is 269 g/mol. The molecule has 0 aromatic heterocycles. The first-order chi connectivity index (χ1) is 9.07. The molecule has 1 aliphatic carbocycles. The highest BCUT2D eigenvalue weighted by Gasteiger charge is 2.44. The van der Waals surface area contributed by atoms with Gasteiger partial charge in [-0.1, -0.05) is 6.07 Å². The number of hydrogen-bond acceptors (Lipinski definition) is 3. The summed E-state index contributed by atoms with van der Waals surface area (Å²) in [5.74, 6) is -1.94. The topological polar surface area (TPSA) is 38.3 Å². The van der Waals surface area contributed by atoms with Crippen LogP contribution < -0.4 is 5.32 Å². The van der Waals surface area contributed by atoms with Crippen LogP contribution in [0.4, 0.5) is 8.78 Å². The Bertz CT molecular complexity index is 473. The molecule has 5 heteroatoms. The first-order valence-corrected chi connectivity index (χ1v) is 6.35. The molecule has 0 saturated heterocycles. The van der Waals surface area contributed by atoms with Gasteiger partial charge in [0.25, 0.3) is 0 Å². The van der Waals surface area contributed by atoms with Gasteiger partial charge in [-0.3, -0.25) is 4.79 Å². The number of nitrogens with one attached hydrogen (secondary N) is 1. The minimum absolute atomic E-state index is 0.246. The summed E-state index contributed by atoms with van der Waals surface area (Å²) >= 11 is 0. The Morgan fingerprint density at radius 3 is 2.63 bits per heavy atom. The summed E-state index contributed by atoms with van der Waals surface area (Å²) in [6, 6.07) is 3.85. The average Bonchev–Trinajstić information content (AvgIpc) is 2.36. The van der Waals surface area contributed by atoms with E-state index in [4.69, 9.17) is 4.74 Å². The lowest BCUT2D eigenvalue weighted by atomic mass is 9.76. The number of halogens is 2. The van der Waals surface area contributed by atoms with Crippen molar-refractivity contribution in [3.8, 4) is 0 Å². The Morgan fingerprint density at radius 2 is 2.11 bits per heavy atom. The lowest BCUT2D eigenvalue weighted by Crippen LogP contribution is -2.58. The fraction of sp³-hybridized carbons (Fsp3) is 0.500. The maximum absolute atomic E-state index is 13.0. The maximum atomic E-state index is 13.0.